The van der Waals surface area contributed by atoms with Crippen LogP contribution in [0.15, 0.2) is 31.2 Å². The Morgan fingerprint density at radius 2 is 2.46 bits per heavy atom. The number of allylic oxidation sites excluding steroid dienone is 1. The van der Waals surface area contributed by atoms with E-state index in [1.165, 1.54) is 0 Å². The number of hydrogen-bond donors (Lipinski definition) is 1. The van der Waals surface area contributed by atoms with Gasteiger partial charge < -0.3 is 5.32 Å². The smallest absolute Gasteiger partial charge is 0.115 e. The highest BCUT2D eigenvalue weighted by Crippen LogP contribution is 1.91. The third kappa shape index (κ3) is 4.38. The molecule has 0 aliphatic heterocycles. The Morgan fingerprint density at radius 1 is 1.54 bits per heavy atom. The van der Waals surface area contributed by atoms with Gasteiger partial charge in [0, 0.05) is 12.7 Å². The van der Waals surface area contributed by atoms with Crippen LogP contribution in [-0.2, 0) is 6.54 Å². The lowest BCUT2D eigenvalue weighted by atomic mass is 10.3. The van der Waals surface area contributed by atoms with Crippen molar-refractivity contribution in [1.82, 2.24) is 15.3 Å². The fraction of sp³-hybridized carbons (Fsp3) is 0.400. The van der Waals surface area contributed by atoms with Crippen LogP contribution in [0.5, 0.6) is 0 Å². The minimum absolute atomic E-state index is 0.819. The van der Waals surface area contributed by atoms with Crippen molar-refractivity contribution in [1.29, 1.82) is 0 Å². The van der Waals surface area contributed by atoms with Crippen LogP contribution < -0.4 is 5.32 Å². The fourth-order valence-corrected chi connectivity index (χ4v) is 1.01. The molecule has 0 aromatic carbocycles. The maximum atomic E-state index is 4.10. The summed E-state index contributed by atoms with van der Waals surface area (Å²) in [6.07, 6.45) is 7.46. The SMILES string of the molecule is C=CCCCNCc1ccncn1. The van der Waals surface area contributed by atoms with E-state index in [9.17, 15) is 0 Å². The van der Waals surface area contributed by atoms with Gasteiger partial charge in [-0.2, -0.15) is 0 Å². The first-order valence-electron chi connectivity index (χ1n) is 4.50. The summed E-state index contributed by atoms with van der Waals surface area (Å²) < 4.78 is 0. The van der Waals surface area contributed by atoms with Crippen LogP contribution in [0.25, 0.3) is 0 Å². The molecule has 0 spiro atoms. The zero-order valence-corrected chi connectivity index (χ0v) is 7.74. The Bertz CT molecular complexity index is 233. The summed E-state index contributed by atoms with van der Waals surface area (Å²) in [5.74, 6) is 0. The molecular weight excluding hydrogens is 162 g/mol. The van der Waals surface area contributed by atoms with E-state index in [4.69, 9.17) is 0 Å². The molecular formula is C10H15N3. The minimum atomic E-state index is 0.819. The van der Waals surface area contributed by atoms with E-state index in [0.717, 1.165) is 31.6 Å². The number of rotatable bonds is 6. The molecule has 1 aromatic rings. The van der Waals surface area contributed by atoms with Crippen molar-refractivity contribution in [2.75, 3.05) is 6.54 Å². The van der Waals surface area contributed by atoms with E-state index in [1.807, 2.05) is 12.1 Å². The highest BCUT2D eigenvalue weighted by atomic mass is 14.9. The van der Waals surface area contributed by atoms with Gasteiger partial charge >= 0.3 is 0 Å². The number of unbranched alkanes of at least 4 members (excludes halogenated alkanes) is 1. The molecule has 0 saturated carbocycles. The fourth-order valence-electron chi connectivity index (χ4n) is 1.01. The molecule has 0 aliphatic rings. The molecule has 1 aromatic heterocycles. The number of aromatic nitrogens is 2. The third-order valence-electron chi connectivity index (χ3n) is 1.71. The minimum Gasteiger partial charge on any atom is -0.311 e. The van der Waals surface area contributed by atoms with E-state index in [0.29, 0.717) is 0 Å². The lowest BCUT2D eigenvalue weighted by Gasteiger charge is -2.01. The van der Waals surface area contributed by atoms with E-state index in [-0.39, 0.29) is 0 Å². The highest BCUT2D eigenvalue weighted by Gasteiger charge is 1.91. The summed E-state index contributed by atoms with van der Waals surface area (Å²) in [5, 5.41) is 3.30. The van der Waals surface area contributed by atoms with Crippen LogP contribution in [0, 0.1) is 0 Å². The molecule has 3 heteroatoms. The van der Waals surface area contributed by atoms with Crippen molar-refractivity contribution in [3.8, 4) is 0 Å². The second kappa shape index (κ2) is 6.31. The van der Waals surface area contributed by atoms with Crippen molar-refractivity contribution in [3.63, 3.8) is 0 Å². The average Bonchev–Trinajstić information content (AvgIpc) is 2.19. The molecule has 13 heavy (non-hydrogen) atoms. The first-order chi connectivity index (χ1) is 6.43. The van der Waals surface area contributed by atoms with Crippen molar-refractivity contribution in [2.24, 2.45) is 0 Å². The van der Waals surface area contributed by atoms with Gasteiger partial charge in [0.1, 0.15) is 6.33 Å². The number of nitrogens with one attached hydrogen (secondary N) is 1. The Labute approximate surface area is 78.9 Å². The Balaban J connectivity index is 2.10. The Kier molecular flexibility index (Phi) is 4.79. The third-order valence-corrected chi connectivity index (χ3v) is 1.71. The van der Waals surface area contributed by atoms with Crippen molar-refractivity contribution in [3.05, 3.63) is 36.9 Å². The molecule has 0 amide bonds. The van der Waals surface area contributed by atoms with Gasteiger partial charge in [0.2, 0.25) is 0 Å². The van der Waals surface area contributed by atoms with Crippen LogP contribution in [0.4, 0.5) is 0 Å². The van der Waals surface area contributed by atoms with Gasteiger partial charge in [-0.05, 0) is 25.5 Å². The van der Waals surface area contributed by atoms with Crippen LogP contribution in [0.3, 0.4) is 0 Å². The summed E-state index contributed by atoms with van der Waals surface area (Å²) in [5.41, 5.74) is 1.04. The van der Waals surface area contributed by atoms with Crippen LogP contribution in [0.1, 0.15) is 18.5 Å². The van der Waals surface area contributed by atoms with Crippen molar-refractivity contribution < 1.29 is 0 Å². The molecule has 1 heterocycles. The summed E-state index contributed by atoms with van der Waals surface area (Å²) in [6.45, 7) is 5.50. The van der Waals surface area contributed by atoms with E-state index >= 15 is 0 Å². The summed E-state index contributed by atoms with van der Waals surface area (Å²) in [7, 11) is 0. The highest BCUT2D eigenvalue weighted by molar-refractivity contribution is 4.96. The summed E-state index contributed by atoms with van der Waals surface area (Å²) in [6, 6.07) is 1.92. The molecule has 0 fully saturated rings. The predicted octanol–water partition coefficient (Wildman–Crippen LogP) is 1.53. The monoisotopic (exact) mass is 177 g/mol. The predicted molar refractivity (Wildman–Crippen MR) is 53.2 cm³/mol. The van der Waals surface area contributed by atoms with E-state index in [2.05, 4.69) is 21.9 Å². The van der Waals surface area contributed by atoms with Crippen molar-refractivity contribution >= 4 is 0 Å². The number of nitrogens with zero attached hydrogens (tertiary/aromatic N) is 2. The van der Waals surface area contributed by atoms with E-state index < -0.39 is 0 Å². The largest absolute Gasteiger partial charge is 0.311 e. The molecule has 70 valence electrons. The second-order valence-electron chi connectivity index (χ2n) is 2.81. The van der Waals surface area contributed by atoms with E-state index in [1.54, 1.807) is 12.5 Å². The molecule has 0 unspecified atom stereocenters. The second-order valence-corrected chi connectivity index (χ2v) is 2.81. The van der Waals surface area contributed by atoms with Gasteiger partial charge in [-0.25, -0.2) is 9.97 Å². The van der Waals surface area contributed by atoms with Crippen LogP contribution >= 0.6 is 0 Å². The lowest BCUT2D eigenvalue weighted by Crippen LogP contribution is -2.15. The van der Waals surface area contributed by atoms with Crippen molar-refractivity contribution in [2.45, 2.75) is 19.4 Å². The molecule has 0 radical (unpaired) electrons. The molecule has 0 aliphatic carbocycles. The molecule has 3 nitrogen and oxygen atoms in total. The van der Waals surface area contributed by atoms with Gasteiger partial charge in [0.05, 0.1) is 5.69 Å². The molecule has 1 N–H and O–H groups in total. The van der Waals surface area contributed by atoms with Gasteiger partial charge in [-0.15, -0.1) is 6.58 Å². The van der Waals surface area contributed by atoms with Crippen LogP contribution in [0.2, 0.25) is 0 Å². The van der Waals surface area contributed by atoms with Gasteiger partial charge in [0.15, 0.2) is 0 Å². The number of hydrogen-bond acceptors (Lipinski definition) is 3. The quantitative estimate of drug-likeness (QED) is 0.529. The maximum absolute atomic E-state index is 4.10. The first kappa shape index (κ1) is 9.86. The lowest BCUT2D eigenvalue weighted by molar-refractivity contribution is 0.645. The van der Waals surface area contributed by atoms with Crippen LogP contribution in [-0.4, -0.2) is 16.5 Å². The molecule has 0 bridgehead atoms. The molecule has 1 rings (SSSR count). The Hall–Kier alpha value is -1.22. The Morgan fingerprint density at radius 3 is 3.15 bits per heavy atom. The maximum Gasteiger partial charge on any atom is 0.115 e. The zero-order chi connectivity index (χ0) is 9.36. The van der Waals surface area contributed by atoms with Gasteiger partial charge in [-0.3, -0.25) is 0 Å². The van der Waals surface area contributed by atoms with Gasteiger partial charge in [0.25, 0.3) is 0 Å². The topological polar surface area (TPSA) is 37.8 Å². The molecule has 0 atom stereocenters. The normalized spacial score (nSPS) is 9.85. The average molecular weight is 177 g/mol. The standard InChI is InChI=1S/C10H15N3/c1-2-3-4-6-11-8-10-5-7-12-9-13-10/h2,5,7,9,11H,1,3-4,6,8H2. The first-order valence-corrected chi connectivity index (χ1v) is 4.50. The molecule has 0 saturated heterocycles. The zero-order valence-electron chi connectivity index (χ0n) is 7.74. The van der Waals surface area contributed by atoms with Gasteiger partial charge in [-0.1, -0.05) is 6.08 Å². The summed E-state index contributed by atoms with van der Waals surface area (Å²) in [4.78, 5) is 7.95. The summed E-state index contributed by atoms with van der Waals surface area (Å²) >= 11 is 0.